The number of rotatable bonds is 65. The van der Waals surface area contributed by atoms with Gasteiger partial charge in [0.25, 0.3) is 6.29 Å². The van der Waals surface area contributed by atoms with Gasteiger partial charge in [0.05, 0.1) is 34.4 Å². The summed E-state index contributed by atoms with van der Waals surface area (Å²) in [6.07, 6.45) is 78.2. The second kappa shape index (κ2) is 63.3. The van der Waals surface area contributed by atoms with E-state index in [1.807, 2.05) is 21.1 Å². The van der Waals surface area contributed by atoms with Crippen LogP contribution in [0.4, 0.5) is 0 Å². The van der Waals surface area contributed by atoms with Crippen molar-refractivity contribution in [2.24, 2.45) is 0 Å². The molecule has 0 amide bonds. The number of carboxylic acid groups (broad SMARTS) is 1. The molecule has 1 N–H and O–H groups in total. The van der Waals surface area contributed by atoms with E-state index in [-0.39, 0.29) is 32.2 Å². The van der Waals surface area contributed by atoms with Gasteiger partial charge in [0.1, 0.15) is 13.2 Å². The Morgan fingerprint density at radius 1 is 0.370 bits per heavy atom. The number of esters is 2. The number of quaternary nitrogens is 1. The van der Waals surface area contributed by atoms with Gasteiger partial charge in [0.2, 0.25) is 0 Å². The van der Waals surface area contributed by atoms with E-state index in [1.165, 1.54) is 244 Å². The minimum atomic E-state index is -1.51. The first kappa shape index (κ1) is 78.2. The first-order valence-electron chi connectivity index (χ1n) is 34.8. The van der Waals surface area contributed by atoms with Crippen LogP contribution in [0.5, 0.6) is 0 Å². The summed E-state index contributed by atoms with van der Waals surface area (Å²) in [6, 6.07) is 0. The smallest absolute Gasteiger partial charge is 0.361 e. The Balaban J connectivity index is 3.92. The van der Waals surface area contributed by atoms with Crippen molar-refractivity contribution < 1.29 is 42.9 Å². The summed E-state index contributed by atoms with van der Waals surface area (Å²) < 4.78 is 22.9. The lowest BCUT2D eigenvalue weighted by Gasteiger charge is -2.25. The number of carboxylic acids is 1. The van der Waals surface area contributed by atoms with Crippen LogP contribution < -0.4 is 0 Å². The maximum atomic E-state index is 12.9. The number of ether oxygens (including phenoxy) is 4. The van der Waals surface area contributed by atoms with E-state index < -0.39 is 24.3 Å². The molecule has 81 heavy (non-hydrogen) atoms. The monoisotopic (exact) mass is 1140 g/mol. The van der Waals surface area contributed by atoms with E-state index in [9.17, 15) is 19.5 Å². The molecule has 0 bridgehead atoms. The van der Waals surface area contributed by atoms with Gasteiger partial charge in [-0.2, -0.15) is 0 Å². The van der Waals surface area contributed by atoms with Crippen LogP contribution in [0.25, 0.3) is 0 Å². The quantitative estimate of drug-likeness (QED) is 0.0211. The van der Waals surface area contributed by atoms with E-state index in [0.29, 0.717) is 17.4 Å². The SMILES string of the molecule is CCCCCCC/C=C\C/C=C\C/C=C\CCCCCCCCCCCCCCCCCCCCCCCCCCCCC(=O)OC(COC(=O)CCCCCCC/C=C\CCCCCCCC)COC(OCC[N+](C)(C)C)C(=O)O. The molecule has 9 heteroatoms. The molecule has 2 atom stereocenters. The third kappa shape index (κ3) is 64.7. The molecule has 0 rings (SSSR count). The number of unbranched alkanes of at least 4 members (excludes halogenated alkanes) is 42. The minimum absolute atomic E-state index is 0.182. The lowest BCUT2D eigenvalue weighted by atomic mass is 10.0. The Morgan fingerprint density at radius 3 is 1.00 bits per heavy atom. The molecular formula is C72H134NO8+. The average Bonchev–Trinajstić information content (AvgIpc) is 3.44. The van der Waals surface area contributed by atoms with Gasteiger partial charge in [-0.3, -0.25) is 9.59 Å². The molecule has 9 nitrogen and oxygen atoms in total. The highest BCUT2D eigenvalue weighted by Gasteiger charge is 2.25. The van der Waals surface area contributed by atoms with Gasteiger partial charge in [-0.1, -0.05) is 294 Å². The average molecular weight is 1140 g/mol. The second-order valence-corrected chi connectivity index (χ2v) is 24.8. The van der Waals surface area contributed by atoms with Crippen molar-refractivity contribution in [1.82, 2.24) is 0 Å². The summed E-state index contributed by atoms with van der Waals surface area (Å²) in [5, 5.41) is 9.72. The molecule has 0 radical (unpaired) electrons. The summed E-state index contributed by atoms with van der Waals surface area (Å²) in [7, 11) is 5.98. The number of hydrogen-bond donors (Lipinski definition) is 1. The van der Waals surface area contributed by atoms with Gasteiger partial charge >= 0.3 is 17.9 Å². The Labute approximate surface area is 502 Å². The van der Waals surface area contributed by atoms with Crippen LogP contribution in [-0.2, 0) is 33.3 Å². The van der Waals surface area contributed by atoms with Crippen LogP contribution in [0.3, 0.4) is 0 Å². The van der Waals surface area contributed by atoms with Crippen molar-refractivity contribution in [2.75, 3.05) is 47.5 Å². The largest absolute Gasteiger partial charge is 0.477 e. The number of likely N-dealkylation sites (N-methyl/N-ethyl adjacent to an activating group) is 1. The van der Waals surface area contributed by atoms with Crippen molar-refractivity contribution >= 4 is 17.9 Å². The highest BCUT2D eigenvalue weighted by Crippen LogP contribution is 2.18. The van der Waals surface area contributed by atoms with Crippen molar-refractivity contribution in [3.63, 3.8) is 0 Å². The highest BCUT2D eigenvalue weighted by atomic mass is 16.7. The Hall–Kier alpha value is -2.75. The summed E-state index contributed by atoms with van der Waals surface area (Å²) in [5.74, 6) is -2.00. The fourth-order valence-corrected chi connectivity index (χ4v) is 10.2. The molecule has 2 unspecified atom stereocenters. The zero-order chi connectivity index (χ0) is 59.1. The third-order valence-corrected chi connectivity index (χ3v) is 15.6. The first-order valence-corrected chi connectivity index (χ1v) is 34.8. The molecule has 0 saturated heterocycles. The standard InChI is InChI=1S/C72H133NO8/c1-6-8-10-12-14-16-18-20-22-23-24-25-26-27-28-29-30-31-32-33-34-35-36-37-38-39-40-41-42-43-44-45-46-47-49-51-53-55-57-59-61-63-70(75)81-68(67-80-72(71(76)77)78-65-64-73(3,4)5)66-79-69(74)62-60-58-56-54-52-50-48-21-19-17-15-13-11-9-7-2/h18,20-21,23-24,26-27,48,68,72H,6-17,19,22,25,28-47,49-67H2,1-5H3/p+1/b20-18-,24-23-,27-26-,48-21-. The number of carbonyl (C=O) groups excluding carboxylic acids is 2. The van der Waals surface area contributed by atoms with Crippen molar-refractivity contribution in [3.05, 3.63) is 48.6 Å². The molecule has 0 aliphatic carbocycles. The van der Waals surface area contributed by atoms with E-state index in [0.717, 1.165) is 64.2 Å². The van der Waals surface area contributed by atoms with Crippen LogP contribution >= 0.6 is 0 Å². The van der Waals surface area contributed by atoms with Crippen LogP contribution in [0.1, 0.15) is 335 Å². The third-order valence-electron chi connectivity index (χ3n) is 15.6. The fourth-order valence-electron chi connectivity index (χ4n) is 10.2. The molecule has 0 saturated carbocycles. The topological polar surface area (TPSA) is 108 Å². The molecule has 0 fully saturated rings. The first-order chi connectivity index (χ1) is 39.6. The maximum absolute atomic E-state index is 12.9. The van der Waals surface area contributed by atoms with E-state index in [4.69, 9.17) is 18.9 Å². The molecule has 0 aliphatic heterocycles. The minimum Gasteiger partial charge on any atom is -0.477 e. The summed E-state index contributed by atoms with van der Waals surface area (Å²) in [5.41, 5.74) is 0. The van der Waals surface area contributed by atoms with Gasteiger partial charge in [-0.25, -0.2) is 4.79 Å². The predicted octanol–water partition coefficient (Wildman–Crippen LogP) is 21.4. The van der Waals surface area contributed by atoms with Crippen LogP contribution in [0.15, 0.2) is 48.6 Å². The fraction of sp³-hybridized carbons (Fsp3) is 0.847. The molecule has 0 heterocycles. The molecular weight excluding hydrogens is 1010 g/mol. The van der Waals surface area contributed by atoms with E-state index in [2.05, 4.69) is 62.5 Å². The molecule has 0 spiro atoms. The van der Waals surface area contributed by atoms with Crippen molar-refractivity contribution in [3.8, 4) is 0 Å². The summed E-state index contributed by atoms with van der Waals surface area (Å²) in [6.45, 7) is 4.89. The highest BCUT2D eigenvalue weighted by molar-refractivity contribution is 5.71. The van der Waals surface area contributed by atoms with Crippen molar-refractivity contribution in [2.45, 2.75) is 347 Å². The Bertz CT molecular complexity index is 1470. The molecule has 0 aliphatic rings. The Morgan fingerprint density at radius 2 is 0.667 bits per heavy atom. The lowest BCUT2D eigenvalue weighted by Crippen LogP contribution is -2.40. The number of hydrogen-bond acceptors (Lipinski definition) is 7. The van der Waals surface area contributed by atoms with E-state index in [1.54, 1.807) is 0 Å². The van der Waals surface area contributed by atoms with Gasteiger partial charge in [-0.15, -0.1) is 0 Å². The number of carbonyl (C=O) groups is 3. The summed E-state index contributed by atoms with van der Waals surface area (Å²) in [4.78, 5) is 37.5. The van der Waals surface area contributed by atoms with Gasteiger partial charge in [0, 0.05) is 12.8 Å². The van der Waals surface area contributed by atoms with Crippen LogP contribution in [0, 0.1) is 0 Å². The number of nitrogens with zero attached hydrogens (tertiary/aromatic N) is 1. The number of aliphatic carboxylic acids is 1. The zero-order valence-electron chi connectivity index (χ0n) is 54.2. The van der Waals surface area contributed by atoms with Gasteiger partial charge < -0.3 is 28.5 Å². The predicted molar refractivity (Wildman–Crippen MR) is 346 cm³/mol. The van der Waals surface area contributed by atoms with Crippen LogP contribution in [-0.4, -0.2) is 87.4 Å². The maximum Gasteiger partial charge on any atom is 0.361 e. The lowest BCUT2D eigenvalue weighted by molar-refractivity contribution is -0.870. The van der Waals surface area contributed by atoms with Gasteiger partial charge in [-0.05, 0) is 77.0 Å². The number of allylic oxidation sites excluding steroid dienone is 8. The van der Waals surface area contributed by atoms with E-state index >= 15 is 0 Å². The molecule has 0 aromatic heterocycles. The summed E-state index contributed by atoms with van der Waals surface area (Å²) >= 11 is 0. The molecule has 0 aromatic carbocycles. The van der Waals surface area contributed by atoms with Crippen LogP contribution in [0.2, 0.25) is 0 Å². The zero-order valence-corrected chi connectivity index (χ0v) is 54.2. The Kier molecular flexibility index (Phi) is 61.1. The molecule has 0 aromatic rings. The van der Waals surface area contributed by atoms with Crippen molar-refractivity contribution in [1.29, 1.82) is 0 Å². The van der Waals surface area contributed by atoms with Gasteiger partial charge in [0.15, 0.2) is 6.10 Å². The normalized spacial score (nSPS) is 13.0. The molecule has 474 valence electrons. The second-order valence-electron chi connectivity index (χ2n) is 24.8.